The molecule has 138 valence electrons. The van der Waals surface area contributed by atoms with E-state index in [0.717, 1.165) is 11.4 Å². The molecule has 0 saturated heterocycles. The molecule has 0 aliphatic carbocycles. The number of nitrogens with one attached hydrogen (secondary N) is 2. The highest BCUT2D eigenvalue weighted by Crippen LogP contribution is 2.23. The molecule has 1 amide bonds. The number of hydrogen-bond donors (Lipinski definition) is 2. The van der Waals surface area contributed by atoms with Gasteiger partial charge < -0.3 is 15.0 Å². The van der Waals surface area contributed by atoms with Crippen molar-refractivity contribution in [1.29, 1.82) is 0 Å². The van der Waals surface area contributed by atoms with Crippen LogP contribution in [-0.2, 0) is 0 Å². The topological polar surface area (TPSA) is 59.0 Å². The Bertz CT molecular complexity index is 1130. The second-order valence-electron chi connectivity index (χ2n) is 6.04. The second-order valence-corrected chi connectivity index (χ2v) is 6.43. The summed E-state index contributed by atoms with van der Waals surface area (Å²) in [5.41, 5.74) is 1.92. The van der Waals surface area contributed by atoms with E-state index in [1.54, 1.807) is 22.9 Å². The molecule has 0 radical (unpaired) electrons. The molecule has 1 aromatic heterocycles. The van der Waals surface area contributed by atoms with E-state index < -0.39 is 0 Å². The number of imidazole rings is 1. The van der Waals surface area contributed by atoms with Gasteiger partial charge in [-0.3, -0.25) is 9.36 Å². The van der Waals surface area contributed by atoms with Crippen molar-refractivity contribution in [2.75, 3.05) is 5.32 Å². The Hall–Kier alpha value is -3.64. The maximum atomic E-state index is 12.8. The second kappa shape index (κ2) is 7.94. The molecule has 6 heteroatoms. The van der Waals surface area contributed by atoms with Crippen LogP contribution in [-0.4, -0.2) is 15.5 Å². The first kappa shape index (κ1) is 17.8. The molecule has 4 aromatic rings. The average Bonchev–Trinajstić information content (AvgIpc) is 3.12. The minimum absolute atomic E-state index is 0.257. The largest absolute Gasteiger partial charge is 0.457 e. The number of carbonyl (C=O) groups excluding carboxylic acids is 1. The monoisotopic (exact) mass is 387 g/mol. The van der Waals surface area contributed by atoms with Crippen molar-refractivity contribution in [3.05, 3.63) is 102 Å². The van der Waals surface area contributed by atoms with Crippen LogP contribution < -0.4 is 10.1 Å². The van der Waals surface area contributed by atoms with Crippen molar-refractivity contribution in [2.45, 2.75) is 0 Å². The SMILES string of the molecule is O=C(Nc1ccc(Oc2ccccc2)cc1)c1c[nH]c(=S)n1-c1ccccc1. The Labute approximate surface area is 167 Å². The predicted octanol–water partition coefficient (Wildman–Crippen LogP) is 5.58. The maximum absolute atomic E-state index is 12.8. The van der Waals surface area contributed by atoms with E-state index in [-0.39, 0.29) is 5.91 Å². The molecule has 1 heterocycles. The third-order valence-electron chi connectivity index (χ3n) is 4.11. The van der Waals surface area contributed by atoms with E-state index in [9.17, 15) is 4.79 Å². The number of aromatic nitrogens is 2. The standard InChI is InChI=1S/C22H17N3O2S/c26-21(20-15-23-22(28)25(20)17-7-3-1-4-8-17)24-16-11-13-19(14-12-16)27-18-9-5-2-6-10-18/h1-15H,(H,23,28)(H,24,26). The van der Waals surface area contributed by atoms with E-state index in [1.807, 2.05) is 72.8 Å². The molecule has 0 aliphatic heterocycles. The van der Waals surface area contributed by atoms with Gasteiger partial charge in [-0.25, -0.2) is 0 Å². The average molecular weight is 387 g/mol. The Kier molecular flexibility index (Phi) is 5.03. The number of aromatic amines is 1. The van der Waals surface area contributed by atoms with Gasteiger partial charge in [-0.2, -0.15) is 0 Å². The van der Waals surface area contributed by atoms with Gasteiger partial charge in [0.1, 0.15) is 17.2 Å². The molecule has 4 rings (SSSR count). The zero-order valence-electron chi connectivity index (χ0n) is 14.8. The lowest BCUT2D eigenvalue weighted by atomic mass is 10.2. The molecule has 0 fully saturated rings. The number of hydrogen-bond acceptors (Lipinski definition) is 3. The highest BCUT2D eigenvalue weighted by atomic mass is 32.1. The molecule has 0 spiro atoms. The summed E-state index contributed by atoms with van der Waals surface area (Å²) < 4.78 is 7.93. The summed E-state index contributed by atoms with van der Waals surface area (Å²) in [6, 6.07) is 26.3. The zero-order chi connectivity index (χ0) is 19.3. The lowest BCUT2D eigenvalue weighted by Crippen LogP contribution is -2.16. The Morgan fingerprint density at radius 3 is 2.14 bits per heavy atom. The molecule has 5 nitrogen and oxygen atoms in total. The van der Waals surface area contributed by atoms with Crippen molar-refractivity contribution in [1.82, 2.24) is 9.55 Å². The first-order valence-corrected chi connectivity index (χ1v) is 9.12. The molecular weight excluding hydrogens is 370 g/mol. The van der Waals surface area contributed by atoms with Crippen LogP contribution in [0.25, 0.3) is 5.69 Å². The van der Waals surface area contributed by atoms with Crippen molar-refractivity contribution >= 4 is 23.8 Å². The maximum Gasteiger partial charge on any atom is 0.274 e. The van der Waals surface area contributed by atoms with Crippen LogP contribution in [0.4, 0.5) is 5.69 Å². The number of amides is 1. The van der Waals surface area contributed by atoms with Crippen molar-refractivity contribution in [2.24, 2.45) is 0 Å². The molecule has 3 aromatic carbocycles. The fraction of sp³-hybridized carbons (Fsp3) is 0. The molecule has 0 saturated carbocycles. The van der Waals surface area contributed by atoms with Crippen molar-refractivity contribution in [3.63, 3.8) is 0 Å². The molecular formula is C22H17N3O2S. The Morgan fingerprint density at radius 1 is 0.857 bits per heavy atom. The lowest BCUT2D eigenvalue weighted by Gasteiger charge is -2.10. The number of rotatable bonds is 5. The fourth-order valence-corrected chi connectivity index (χ4v) is 3.06. The summed E-state index contributed by atoms with van der Waals surface area (Å²) in [4.78, 5) is 15.7. The van der Waals surface area contributed by atoms with Crippen molar-refractivity contribution < 1.29 is 9.53 Å². The molecule has 28 heavy (non-hydrogen) atoms. The van der Waals surface area contributed by atoms with Crippen LogP contribution in [0.1, 0.15) is 10.5 Å². The van der Waals surface area contributed by atoms with Crippen LogP contribution in [0.3, 0.4) is 0 Å². The fourth-order valence-electron chi connectivity index (χ4n) is 2.80. The molecule has 0 aliphatic rings. The van der Waals surface area contributed by atoms with Crippen molar-refractivity contribution in [3.8, 4) is 17.2 Å². The van der Waals surface area contributed by atoms with Gasteiger partial charge in [0.2, 0.25) is 0 Å². The van der Waals surface area contributed by atoms with Gasteiger partial charge in [0.25, 0.3) is 5.91 Å². The molecule has 2 N–H and O–H groups in total. The number of ether oxygens (including phenoxy) is 1. The first-order chi connectivity index (χ1) is 13.7. The minimum atomic E-state index is -0.257. The van der Waals surface area contributed by atoms with Gasteiger partial charge in [0.15, 0.2) is 4.77 Å². The highest BCUT2D eigenvalue weighted by molar-refractivity contribution is 7.71. The van der Waals surface area contributed by atoms with Gasteiger partial charge in [-0.15, -0.1) is 0 Å². The van der Waals surface area contributed by atoms with Gasteiger partial charge in [0, 0.05) is 17.6 Å². The number of benzene rings is 3. The summed E-state index contributed by atoms with van der Waals surface area (Å²) in [5.74, 6) is 1.19. The number of carbonyl (C=O) groups is 1. The number of anilines is 1. The van der Waals surface area contributed by atoms with Crippen LogP contribution in [0.5, 0.6) is 11.5 Å². The van der Waals surface area contributed by atoms with E-state index >= 15 is 0 Å². The van der Waals surface area contributed by atoms with Gasteiger partial charge >= 0.3 is 0 Å². The minimum Gasteiger partial charge on any atom is -0.457 e. The van der Waals surface area contributed by atoms with Gasteiger partial charge in [-0.05, 0) is 60.7 Å². The van der Waals surface area contributed by atoms with Gasteiger partial charge in [0.05, 0.1) is 0 Å². The number of nitrogens with zero attached hydrogens (tertiary/aromatic N) is 1. The number of H-pyrrole nitrogens is 1. The molecule has 0 bridgehead atoms. The summed E-state index contributed by atoms with van der Waals surface area (Å²) >= 11 is 5.33. The smallest absolute Gasteiger partial charge is 0.274 e. The van der Waals surface area contributed by atoms with Crippen LogP contribution in [0, 0.1) is 4.77 Å². The Balaban J connectivity index is 1.51. The quantitative estimate of drug-likeness (QED) is 0.440. The highest BCUT2D eigenvalue weighted by Gasteiger charge is 2.14. The summed E-state index contributed by atoms with van der Waals surface area (Å²) in [7, 11) is 0. The number of para-hydroxylation sites is 2. The van der Waals surface area contributed by atoms with Crippen LogP contribution in [0.15, 0.2) is 91.1 Å². The Morgan fingerprint density at radius 2 is 1.46 bits per heavy atom. The van der Waals surface area contributed by atoms with E-state index in [1.165, 1.54) is 0 Å². The summed E-state index contributed by atoms with van der Waals surface area (Å²) in [5, 5.41) is 2.89. The van der Waals surface area contributed by atoms with E-state index in [4.69, 9.17) is 17.0 Å². The van der Waals surface area contributed by atoms with E-state index in [2.05, 4.69) is 10.3 Å². The lowest BCUT2D eigenvalue weighted by molar-refractivity contribution is 0.102. The third-order valence-corrected chi connectivity index (χ3v) is 4.41. The third kappa shape index (κ3) is 3.87. The van der Waals surface area contributed by atoms with Crippen LogP contribution >= 0.6 is 12.2 Å². The zero-order valence-corrected chi connectivity index (χ0v) is 15.6. The predicted molar refractivity (Wildman–Crippen MR) is 112 cm³/mol. The normalized spacial score (nSPS) is 10.4. The summed E-state index contributed by atoms with van der Waals surface area (Å²) in [6.07, 6.45) is 1.61. The first-order valence-electron chi connectivity index (χ1n) is 8.71. The molecule has 0 atom stereocenters. The summed E-state index contributed by atoms with van der Waals surface area (Å²) in [6.45, 7) is 0. The van der Waals surface area contributed by atoms with E-state index in [0.29, 0.717) is 21.9 Å². The van der Waals surface area contributed by atoms with Crippen LogP contribution in [0.2, 0.25) is 0 Å². The molecule has 0 unspecified atom stereocenters. The van der Waals surface area contributed by atoms with Gasteiger partial charge in [-0.1, -0.05) is 36.4 Å².